The number of hydrogen-bond acceptors (Lipinski definition) is 2. The molecule has 1 N–H and O–H groups in total. The van der Waals surface area contributed by atoms with E-state index in [-0.39, 0.29) is 5.56 Å². The number of carboxylic acid groups (broad SMARTS) is 1. The fraction of sp³-hybridized carbons (Fsp3) is 0.111. The molecule has 0 fully saturated rings. The molecule has 0 saturated carbocycles. The number of fused-ring (bicyclic) bond motifs is 1. The molecule has 2 aromatic carbocycles. The maximum Gasteiger partial charge on any atom is 0.336 e. The number of aromatic carboxylic acids is 1. The van der Waals surface area contributed by atoms with Crippen LogP contribution in [0.4, 0.5) is 0 Å². The van der Waals surface area contributed by atoms with Gasteiger partial charge in [0.25, 0.3) is 0 Å². The van der Waals surface area contributed by atoms with Crippen molar-refractivity contribution in [2.45, 2.75) is 13.8 Å². The third kappa shape index (κ3) is 2.38. The average Bonchev–Trinajstić information content (AvgIpc) is 2.46. The lowest BCUT2D eigenvalue weighted by atomic mass is 9.98. The molecular weight excluding hydrogens is 262 g/mol. The van der Waals surface area contributed by atoms with E-state index in [4.69, 9.17) is 0 Å². The summed E-state index contributed by atoms with van der Waals surface area (Å²) in [4.78, 5) is 16.1. The lowest BCUT2D eigenvalue weighted by Gasteiger charge is -2.10. The molecule has 1 heterocycles. The number of aromatic nitrogens is 1. The van der Waals surface area contributed by atoms with Gasteiger partial charge < -0.3 is 5.11 Å². The number of benzene rings is 2. The summed E-state index contributed by atoms with van der Waals surface area (Å²) in [6.07, 6.45) is 0. The molecule has 0 unspecified atom stereocenters. The highest BCUT2D eigenvalue weighted by Gasteiger charge is 2.15. The Morgan fingerprint density at radius 1 is 1.05 bits per heavy atom. The van der Waals surface area contributed by atoms with Crippen molar-refractivity contribution in [2.24, 2.45) is 0 Å². The first-order chi connectivity index (χ1) is 10.1. The number of carboxylic acids is 1. The van der Waals surface area contributed by atoms with E-state index in [2.05, 4.69) is 11.1 Å². The SMILES string of the molecule is Cc1ccc2nc(-c3c(C)cccc3C(=O)O)ccc2c1. The van der Waals surface area contributed by atoms with Gasteiger partial charge in [0, 0.05) is 10.9 Å². The minimum atomic E-state index is -0.931. The van der Waals surface area contributed by atoms with E-state index in [9.17, 15) is 9.90 Å². The summed E-state index contributed by atoms with van der Waals surface area (Å²) in [7, 11) is 0. The molecule has 3 rings (SSSR count). The summed E-state index contributed by atoms with van der Waals surface area (Å²) in [5.74, 6) is -0.931. The Bertz CT molecular complexity index is 853. The molecule has 21 heavy (non-hydrogen) atoms. The van der Waals surface area contributed by atoms with Gasteiger partial charge in [-0.15, -0.1) is 0 Å². The zero-order chi connectivity index (χ0) is 15.0. The summed E-state index contributed by atoms with van der Waals surface area (Å²) in [5.41, 5.74) is 4.63. The van der Waals surface area contributed by atoms with Gasteiger partial charge in [-0.3, -0.25) is 0 Å². The number of nitrogens with zero attached hydrogens (tertiary/aromatic N) is 1. The Morgan fingerprint density at radius 2 is 1.86 bits per heavy atom. The average molecular weight is 277 g/mol. The number of carbonyl (C=O) groups is 1. The summed E-state index contributed by atoms with van der Waals surface area (Å²) < 4.78 is 0. The second kappa shape index (κ2) is 5.02. The number of hydrogen-bond donors (Lipinski definition) is 1. The van der Waals surface area contributed by atoms with Crippen LogP contribution in [0, 0.1) is 13.8 Å². The summed E-state index contributed by atoms with van der Waals surface area (Å²) in [6.45, 7) is 3.94. The highest BCUT2D eigenvalue weighted by molar-refractivity contribution is 5.97. The molecule has 0 aliphatic carbocycles. The second-order valence-electron chi connectivity index (χ2n) is 5.20. The van der Waals surface area contributed by atoms with Crippen molar-refractivity contribution in [3.05, 3.63) is 65.2 Å². The molecule has 3 nitrogen and oxygen atoms in total. The minimum absolute atomic E-state index is 0.286. The maximum absolute atomic E-state index is 11.4. The second-order valence-corrected chi connectivity index (χ2v) is 5.20. The Morgan fingerprint density at radius 3 is 2.62 bits per heavy atom. The summed E-state index contributed by atoms with van der Waals surface area (Å²) in [5, 5.41) is 10.4. The van der Waals surface area contributed by atoms with Gasteiger partial charge >= 0.3 is 5.97 Å². The first-order valence-corrected chi connectivity index (χ1v) is 6.77. The molecular formula is C18H15NO2. The molecule has 0 bridgehead atoms. The molecule has 0 radical (unpaired) electrons. The van der Waals surface area contributed by atoms with Gasteiger partial charge in [-0.1, -0.05) is 29.8 Å². The summed E-state index contributed by atoms with van der Waals surface area (Å²) >= 11 is 0. The van der Waals surface area contributed by atoms with Gasteiger partial charge in [-0.25, -0.2) is 9.78 Å². The first kappa shape index (κ1) is 13.3. The van der Waals surface area contributed by atoms with E-state index in [0.29, 0.717) is 11.3 Å². The van der Waals surface area contributed by atoms with E-state index >= 15 is 0 Å². The predicted octanol–water partition coefficient (Wildman–Crippen LogP) is 4.22. The molecule has 0 atom stereocenters. The highest BCUT2D eigenvalue weighted by Crippen LogP contribution is 2.28. The lowest BCUT2D eigenvalue weighted by molar-refractivity contribution is 0.0697. The maximum atomic E-state index is 11.4. The van der Waals surface area contributed by atoms with Crippen LogP contribution in [-0.4, -0.2) is 16.1 Å². The third-order valence-corrected chi connectivity index (χ3v) is 3.60. The van der Waals surface area contributed by atoms with E-state index in [0.717, 1.165) is 16.5 Å². The molecule has 3 heteroatoms. The number of aryl methyl sites for hydroxylation is 2. The van der Waals surface area contributed by atoms with Gasteiger partial charge in [-0.2, -0.15) is 0 Å². The normalized spacial score (nSPS) is 10.8. The minimum Gasteiger partial charge on any atom is -0.478 e. The van der Waals surface area contributed by atoms with Crippen LogP contribution in [0.3, 0.4) is 0 Å². The van der Waals surface area contributed by atoms with Gasteiger partial charge in [0.2, 0.25) is 0 Å². The molecule has 0 amide bonds. The predicted molar refractivity (Wildman–Crippen MR) is 83.6 cm³/mol. The topological polar surface area (TPSA) is 50.2 Å². The lowest BCUT2D eigenvalue weighted by Crippen LogP contribution is -2.02. The van der Waals surface area contributed by atoms with E-state index < -0.39 is 5.97 Å². The van der Waals surface area contributed by atoms with Crippen molar-refractivity contribution >= 4 is 16.9 Å². The fourth-order valence-electron chi connectivity index (χ4n) is 2.57. The van der Waals surface area contributed by atoms with Gasteiger partial charge in [0.1, 0.15) is 0 Å². The molecule has 0 spiro atoms. The third-order valence-electron chi connectivity index (χ3n) is 3.60. The monoisotopic (exact) mass is 277 g/mol. The Labute approximate surface area is 122 Å². The standard InChI is InChI=1S/C18H15NO2/c1-11-6-8-15-13(10-11)7-9-16(19-15)17-12(2)4-3-5-14(17)18(20)21/h3-10H,1-2H3,(H,20,21). The largest absolute Gasteiger partial charge is 0.478 e. The van der Waals surface area contributed by atoms with Crippen molar-refractivity contribution in [1.82, 2.24) is 4.98 Å². The van der Waals surface area contributed by atoms with E-state index in [1.807, 2.05) is 44.2 Å². The van der Waals surface area contributed by atoms with Crippen LogP contribution in [-0.2, 0) is 0 Å². The first-order valence-electron chi connectivity index (χ1n) is 6.77. The van der Waals surface area contributed by atoms with Crippen molar-refractivity contribution in [2.75, 3.05) is 0 Å². The van der Waals surface area contributed by atoms with Crippen LogP contribution in [0.5, 0.6) is 0 Å². The number of rotatable bonds is 2. The molecule has 104 valence electrons. The van der Waals surface area contributed by atoms with Crippen LogP contribution < -0.4 is 0 Å². The smallest absolute Gasteiger partial charge is 0.336 e. The van der Waals surface area contributed by atoms with Crippen molar-refractivity contribution < 1.29 is 9.90 Å². The Hall–Kier alpha value is -2.68. The molecule has 1 aromatic heterocycles. The Kier molecular flexibility index (Phi) is 3.18. The van der Waals surface area contributed by atoms with Crippen LogP contribution in [0.2, 0.25) is 0 Å². The fourth-order valence-corrected chi connectivity index (χ4v) is 2.57. The highest BCUT2D eigenvalue weighted by atomic mass is 16.4. The zero-order valence-electron chi connectivity index (χ0n) is 11.9. The molecule has 0 saturated heterocycles. The zero-order valence-corrected chi connectivity index (χ0v) is 11.9. The molecule has 0 aliphatic rings. The quantitative estimate of drug-likeness (QED) is 0.763. The Balaban J connectivity index is 2.26. The van der Waals surface area contributed by atoms with Crippen LogP contribution in [0.25, 0.3) is 22.2 Å². The van der Waals surface area contributed by atoms with Crippen molar-refractivity contribution in [3.8, 4) is 11.3 Å². The van der Waals surface area contributed by atoms with Crippen molar-refractivity contribution in [3.63, 3.8) is 0 Å². The van der Waals surface area contributed by atoms with E-state index in [1.165, 1.54) is 5.56 Å². The van der Waals surface area contributed by atoms with Gasteiger partial charge in [0.15, 0.2) is 0 Å². The van der Waals surface area contributed by atoms with Gasteiger partial charge in [-0.05, 0) is 43.7 Å². The van der Waals surface area contributed by atoms with Gasteiger partial charge in [0.05, 0.1) is 16.8 Å². The molecule has 3 aromatic rings. The van der Waals surface area contributed by atoms with Crippen LogP contribution in [0.1, 0.15) is 21.5 Å². The summed E-state index contributed by atoms with van der Waals surface area (Å²) in [6, 6.07) is 15.2. The van der Waals surface area contributed by atoms with E-state index in [1.54, 1.807) is 12.1 Å². The number of pyridine rings is 1. The van der Waals surface area contributed by atoms with Crippen LogP contribution >= 0.6 is 0 Å². The van der Waals surface area contributed by atoms with Crippen LogP contribution in [0.15, 0.2) is 48.5 Å². The molecule has 0 aliphatic heterocycles. The van der Waals surface area contributed by atoms with Crippen molar-refractivity contribution in [1.29, 1.82) is 0 Å².